The Bertz CT molecular complexity index is 807. The number of carbonyl (C=O) groups is 3. The Morgan fingerprint density at radius 3 is 2.17 bits per heavy atom. The van der Waals surface area contributed by atoms with Gasteiger partial charge < -0.3 is 5.32 Å². The number of hydrogen-bond acceptors (Lipinski definition) is 3. The Balaban J connectivity index is 1.61. The lowest BCUT2D eigenvalue weighted by Crippen LogP contribution is -2.38. The predicted octanol–water partition coefficient (Wildman–Crippen LogP) is 2.33. The highest BCUT2D eigenvalue weighted by atomic mass is 16.2. The summed E-state index contributed by atoms with van der Waals surface area (Å²) in [6.07, 6.45) is 0. The highest BCUT2D eigenvalue weighted by Crippen LogP contribution is 2.21. The number of fused-ring (bicyclic) bond motifs is 1. The first-order valence-corrected chi connectivity index (χ1v) is 7.79. The molecule has 1 aliphatic heterocycles. The molecule has 0 bridgehead atoms. The van der Waals surface area contributed by atoms with E-state index in [4.69, 9.17) is 0 Å². The molecule has 0 spiro atoms. The van der Waals surface area contributed by atoms with Crippen molar-refractivity contribution in [1.82, 2.24) is 10.2 Å². The molecular formula is C19H18N2O3. The Morgan fingerprint density at radius 2 is 1.58 bits per heavy atom. The van der Waals surface area contributed by atoms with Crippen molar-refractivity contribution in [3.05, 3.63) is 70.3 Å². The van der Waals surface area contributed by atoms with E-state index in [0.29, 0.717) is 16.7 Å². The van der Waals surface area contributed by atoms with Gasteiger partial charge in [-0.3, -0.25) is 19.3 Å². The van der Waals surface area contributed by atoms with E-state index in [9.17, 15) is 14.4 Å². The molecule has 0 radical (unpaired) electrons. The lowest BCUT2D eigenvalue weighted by Gasteiger charge is -2.14. The smallest absolute Gasteiger partial charge is 0.261 e. The van der Waals surface area contributed by atoms with Crippen molar-refractivity contribution in [2.75, 3.05) is 13.1 Å². The van der Waals surface area contributed by atoms with Gasteiger partial charge in [0.25, 0.3) is 17.7 Å². The molecular weight excluding hydrogens is 304 g/mol. The lowest BCUT2D eigenvalue weighted by atomic mass is 10.1. The van der Waals surface area contributed by atoms with Gasteiger partial charge in [-0.15, -0.1) is 0 Å². The van der Waals surface area contributed by atoms with E-state index in [0.717, 1.165) is 11.1 Å². The fourth-order valence-corrected chi connectivity index (χ4v) is 2.71. The molecule has 24 heavy (non-hydrogen) atoms. The lowest BCUT2D eigenvalue weighted by molar-refractivity contribution is 0.0650. The molecule has 0 aromatic heterocycles. The Morgan fingerprint density at radius 1 is 0.958 bits per heavy atom. The Hall–Kier alpha value is -2.95. The van der Waals surface area contributed by atoms with E-state index in [2.05, 4.69) is 5.32 Å². The first kappa shape index (κ1) is 15.9. The highest BCUT2D eigenvalue weighted by Gasteiger charge is 2.34. The van der Waals surface area contributed by atoms with Crippen LogP contribution in [0.4, 0.5) is 0 Å². The number of carbonyl (C=O) groups excluding carboxylic acids is 3. The fraction of sp³-hybridized carbons (Fsp3) is 0.211. The van der Waals surface area contributed by atoms with E-state index in [1.807, 2.05) is 26.0 Å². The number of hydrogen-bond donors (Lipinski definition) is 1. The normalized spacial score (nSPS) is 13.2. The SMILES string of the molecule is Cc1ccc(C(=O)NCCN2C(=O)c3ccccc3C2=O)cc1C. The molecule has 0 saturated carbocycles. The summed E-state index contributed by atoms with van der Waals surface area (Å²) in [7, 11) is 0. The average molecular weight is 322 g/mol. The summed E-state index contributed by atoms with van der Waals surface area (Å²) in [5.74, 6) is -0.832. The monoisotopic (exact) mass is 322 g/mol. The Kier molecular flexibility index (Phi) is 4.16. The van der Waals surface area contributed by atoms with Crippen molar-refractivity contribution in [2.45, 2.75) is 13.8 Å². The third kappa shape index (κ3) is 2.80. The third-order valence-electron chi connectivity index (χ3n) is 4.27. The first-order chi connectivity index (χ1) is 11.5. The number of imide groups is 1. The maximum atomic E-state index is 12.2. The zero-order chi connectivity index (χ0) is 17.3. The van der Waals surface area contributed by atoms with Crippen LogP contribution < -0.4 is 5.32 Å². The summed E-state index contributed by atoms with van der Waals surface area (Å²) in [5, 5.41) is 2.76. The predicted molar refractivity (Wildman–Crippen MR) is 90.1 cm³/mol. The number of benzene rings is 2. The van der Waals surface area contributed by atoms with Crippen LogP contribution in [0.5, 0.6) is 0 Å². The molecule has 0 aliphatic carbocycles. The van der Waals surface area contributed by atoms with Gasteiger partial charge in [-0.25, -0.2) is 0 Å². The number of amides is 3. The molecule has 1 N–H and O–H groups in total. The van der Waals surface area contributed by atoms with E-state index < -0.39 is 0 Å². The molecule has 1 aliphatic rings. The highest BCUT2D eigenvalue weighted by molar-refractivity contribution is 6.21. The van der Waals surface area contributed by atoms with Crippen LogP contribution >= 0.6 is 0 Å². The molecule has 2 aromatic rings. The maximum absolute atomic E-state index is 12.2. The van der Waals surface area contributed by atoms with Gasteiger partial charge >= 0.3 is 0 Å². The van der Waals surface area contributed by atoms with Crippen LogP contribution in [0, 0.1) is 13.8 Å². The van der Waals surface area contributed by atoms with Gasteiger partial charge in [-0.05, 0) is 49.2 Å². The van der Waals surface area contributed by atoms with Gasteiger partial charge in [0.05, 0.1) is 11.1 Å². The average Bonchev–Trinajstić information content (AvgIpc) is 2.82. The molecule has 3 rings (SSSR count). The van der Waals surface area contributed by atoms with Crippen LogP contribution in [0.15, 0.2) is 42.5 Å². The molecule has 5 nitrogen and oxygen atoms in total. The summed E-state index contributed by atoms with van der Waals surface area (Å²) in [5.41, 5.74) is 3.58. The molecule has 1 heterocycles. The number of nitrogens with zero attached hydrogens (tertiary/aromatic N) is 1. The summed E-state index contributed by atoms with van der Waals surface area (Å²) >= 11 is 0. The molecule has 5 heteroatoms. The Labute approximate surface area is 140 Å². The molecule has 0 atom stereocenters. The van der Waals surface area contributed by atoms with Gasteiger partial charge in [0.2, 0.25) is 0 Å². The minimum atomic E-state index is -0.309. The summed E-state index contributed by atoms with van der Waals surface area (Å²) in [4.78, 5) is 37.8. The van der Waals surface area contributed by atoms with Crippen LogP contribution in [-0.2, 0) is 0 Å². The summed E-state index contributed by atoms with van der Waals surface area (Å²) < 4.78 is 0. The van der Waals surface area contributed by atoms with E-state index in [1.165, 1.54) is 4.90 Å². The van der Waals surface area contributed by atoms with Crippen molar-refractivity contribution in [3.8, 4) is 0 Å². The van der Waals surface area contributed by atoms with Crippen molar-refractivity contribution < 1.29 is 14.4 Å². The second-order valence-electron chi connectivity index (χ2n) is 5.86. The quantitative estimate of drug-likeness (QED) is 0.879. The first-order valence-electron chi connectivity index (χ1n) is 7.79. The van der Waals surface area contributed by atoms with E-state index in [1.54, 1.807) is 30.3 Å². The third-order valence-corrected chi connectivity index (χ3v) is 4.27. The number of nitrogens with one attached hydrogen (secondary N) is 1. The summed E-state index contributed by atoms with van der Waals surface area (Å²) in [6, 6.07) is 12.2. The molecule has 0 saturated heterocycles. The van der Waals surface area contributed by atoms with Crippen LogP contribution in [0.3, 0.4) is 0 Å². The largest absolute Gasteiger partial charge is 0.350 e. The zero-order valence-electron chi connectivity index (χ0n) is 13.6. The van der Waals surface area contributed by atoms with Crippen LogP contribution in [-0.4, -0.2) is 35.7 Å². The fourth-order valence-electron chi connectivity index (χ4n) is 2.71. The standard InChI is InChI=1S/C19H18N2O3/c1-12-7-8-14(11-13(12)2)17(22)20-9-10-21-18(23)15-5-3-4-6-16(15)19(21)24/h3-8,11H,9-10H2,1-2H3,(H,20,22). The maximum Gasteiger partial charge on any atom is 0.261 e. The molecule has 0 unspecified atom stereocenters. The topological polar surface area (TPSA) is 66.5 Å². The number of aryl methyl sites for hydroxylation is 2. The van der Waals surface area contributed by atoms with Gasteiger partial charge in [0.15, 0.2) is 0 Å². The van der Waals surface area contributed by atoms with Crippen molar-refractivity contribution in [2.24, 2.45) is 0 Å². The van der Waals surface area contributed by atoms with E-state index >= 15 is 0 Å². The minimum absolute atomic E-state index is 0.156. The second-order valence-corrected chi connectivity index (χ2v) is 5.86. The minimum Gasteiger partial charge on any atom is -0.350 e. The second kappa shape index (κ2) is 6.28. The van der Waals surface area contributed by atoms with Crippen LogP contribution in [0.25, 0.3) is 0 Å². The summed E-state index contributed by atoms with van der Waals surface area (Å²) in [6.45, 7) is 4.31. The molecule has 2 aromatic carbocycles. The van der Waals surface area contributed by atoms with Crippen LogP contribution in [0.2, 0.25) is 0 Å². The van der Waals surface area contributed by atoms with Gasteiger partial charge in [-0.2, -0.15) is 0 Å². The van der Waals surface area contributed by atoms with Crippen LogP contribution in [0.1, 0.15) is 42.2 Å². The van der Waals surface area contributed by atoms with E-state index in [-0.39, 0.29) is 30.8 Å². The molecule has 3 amide bonds. The van der Waals surface area contributed by atoms with Crippen molar-refractivity contribution in [3.63, 3.8) is 0 Å². The van der Waals surface area contributed by atoms with Crippen molar-refractivity contribution >= 4 is 17.7 Å². The van der Waals surface area contributed by atoms with Crippen molar-refractivity contribution in [1.29, 1.82) is 0 Å². The zero-order valence-corrected chi connectivity index (χ0v) is 13.6. The molecule has 0 fully saturated rings. The number of rotatable bonds is 4. The molecule has 122 valence electrons. The van der Waals surface area contributed by atoms with Gasteiger partial charge in [0, 0.05) is 18.7 Å². The van der Waals surface area contributed by atoms with Gasteiger partial charge in [-0.1, -0.05) is 18.2 Å². The van der Waals surface area contributed by atoms with Gasteiger partial charge in [0.1, 0.15) is 0 Å².